The van der Waals surface area contributed by atoms with Gasteiger partial charge in [-0.25, -0.2) is 0 Å². The van der Waals surface area contributed by atoms with Crippen LogP contribution in [0, 0.1) is 5.92 Å². The largest absolute Gasteiger partial charge is 0.349 e. The van der Waals surface area contributed by atoms with E-state index in [4.69, 9.17) is 0 Å². The Morgan fingerprint density at radius 3 is 2.24 bits per heavy atom. The molecule has 1 aromatic carbocycles. The van der Waals surface area contributed by atoms with E-state index in [1.165, 1.54) is 6.42 Å². The zero-order chi connectivity index (χ0) is 18.2. The summed E-state index contributed by atoms with van der Waals surface area (Å²) in [6.45, 7) is 4.36. The maximum Gasteiger partial charge on any atom is 0.313 e. The topological polar surface area (TPSA) is 87.3 Å². The van der Waals surface area contributed by atoms with Gasteiger partial charge in [-0.15, -0.1) is 0 Å². The van der Waals surface area contributed by atoms with Crippen LogP contribution in [0.4, 0.5) is 5.69 Å². The monoisotopic (exact) mass is 345 g/mol. The van der Waals surface area contributed by atoms with Crippen molar-refractivity contribution in [2.45, 2.75) is 52.0 Å². The predicted octanol–water partition coefficient (Wildman–Crippen LogP) is 2.46. The van der Waals surface area contributed by atoms with Gasteiger partial charge in [0.15, 0.2) is 0 Å². The molecule has 1 fully saturated rings. The molecule has 136 valence electrons. The van der Waals surface area contributed by atoms with Gasteiger partial charge < -0.3 is 16.0 Å². The van der Waals surface area contributed by atoms with E-state index in [9.17, 15) is 14.4 Å². The summed E-state index contributed by atoms with van der Waals surface area (Å²) in [6.07, 6.45) is 5.63. The van der Waals surface area contributed by atoms with Crippen molar-refractivity contribution in [3.8, 4) is 0 Å². The summed E-state index contributed by atoms with van der Waals surface area (Å²) >= 11 is 0. The molecule has 6 nitrogen and oxygen atoms in total. The lowest BCUT2D eigenvalue weighted by Crippen LogP contribution is -2.37. The highest BCUT2D eigenvalue weighted by Gasteiger charge is 2.17. The van der Waals surface area contributed by atoms with Gasteiger partial charge in [0.1, 0.15) is 0 Å². The van der Waals surface area contributed by atoms with Crippen LogP contribution < -0.4 is 16.0 Å². The Bertz CT molecular complexity index is 605. The van der Waals surface area contributed by atoms with Crippen molar-refractivity contribution in [2.24, 2.45) is 5.92 Å². The van der Waals surface area contributed by atoms with Crippen LogP contribution in [-0.4, -0.2) is 30.3 Å². The van der Waals surface area contributed by atoms with Gasteiger partial charge in [0.2, 0.25) is 0 Å². The molecule has 1 aliphatic rings. The van der Waals surface area contributed by atoms with Crippen molar-refractivity contribution in [3.05, 3.63) is 29.8 Å². The molecule has 3 N–H and O–H groups in total. The minimum Gasteiger partial charge on any atom is -0.349 e. The number of rotatable bonds is 5. The number of benzene rings is 1. The fourth-order valence-corrected chi connectivity index (χ4v) is 2.79. The fourth-order valence-electron chi connectivity index (χ4n) is 2.79. The second kappa shape index (κ2) is 9.20. The Hall–Kier alpha value is -2.37. The van der Waals surface area contributed by atoms with Gasteiger partial charge in [-0.1, -0.05) is 33.1 Å². The quantitative estimate of drug-likeness (QED) is 0.716. The molecular formula is C19H27N3O3. The van der Waals surface area contributed by atoms with E-state index in [1.54, 1.807) is 24.3 Å². The second-order valence-electron chi connectivity index (χ2n) is 6.94. The molecule has 0 bridgehead atoms. The first-order valence-corrected chi connectivity index (χ1v) is 8.96. The first-order chi connectivity index (χ1) is 12.0. The third-order valence-electron chi connectivity index (χ3n) is 4.22. The Kier molecular flexibility index (Phi) is 6.98. The van der Waals surface area contributed by atoms with E-state index in [0.29, 0.717) is 17.8 Å². The van der Waals surface area contributed by atoms with E-state index in [1.807, 2.05) is 13.8 Å². The highest BCUT2D eigenvalue weighted by Crippen LogP contribution is 2.18. The molecule has 25 heavy (non-hydrogen) atoms. The molecule has 0 heterocycles. The zero-order valence-electron chi connectivity index (χ0n) is 14.9. The minimum absolute atomic E-state index is 0.0977. The first kappa shape index (κ1) is 19.0. The highest BCUT2D eigenvalue weighted by atomic mass is 16.2. The van der Waals surface area contributed by atoms with E-state index in [2.05, 4.69) is 16.0 Å². The molecule has 2 rings (SSSR count). The molecule has 0 saturated heterocycles. The molecule has 0 unspecified atom stereocenters. The fraction of sp³-hybridized carbons (Fsp3) is 0.526. The van der Waals surface area contributed by atoms with Crippen LogP contribution in [0.15, 0.2) is 24.3 Å². The predicted molar refractivity (Wildman–Crippen MR) is 97.3 cm³/mol. The van der Waals surface area contributed by atoms with Crippen LogP contribution >= 0.6 is 0 Å². The van der Waals surface area contributed by atoms with Gasteiger partial charge in [0, 0.05) is 23.8 Å². The third kappa shape index (κ3) is 6.21. The molecule has 0 aromatic heterocycles. The molecule has 3 amide bonds. The molecule has 1 saturated carbocycles. The van der Waals surface area contributed by atoms with Crippen LogP contribution in [0.25, 0.3) is 0 Å². The number of amides is 3. The lowest BCUT2D eigenvalue weighted by atomic mass is 9.95. The van der Waals surface area contributed by atoms with Crippen molar-refractivity contribution >= 4 is 23.4 Å². The summed E-state index contributed by atoms with van der Waals surface area (Å²) in [5.41, 5.74) is 1.03. The second-order valence-corrected chi connectivity index (χ2v) is 6.94. The normalized spacial score (nSPS) is 14.8. The summed E-state index contributed by atoms with van der Waals surface area (Å²) in [6, 6.07) is 6.82. The molecule has 1 aliphatic carbocycles. The summed E-state index contributed by atoms with van der Waals surface area (Å²) in [5, 5.41) is 8.14. The number of hydrogen-bond acceptors (Lipinski definition) is 3. The lowest BCUT2D eigenvalue weighted by molar-refractivity contribution is -0.136. The van der Waals surface area contributed by atoms with Gasteiger partial charge in [-0.05, 0) is 43.0 Å². The van der Waals surface area contributed by atoms with Crippen molar-refractivity contribution in [2.75, 3.05) is 11.9 Å². The first-order valence-electron chi connectivity index (χ1n) is 8.96. The van der Waals surface area contributed by atoms with Gasteiger partial charge in [0.05, 0.1) is 0 Å². The number of carbonyl (C=O) groups excluding carboxylic acids is 3. The number of anilines is 1. The minimum atomic E-state index is -0.708. The maximum absolute atomic E-state index is 12.2. The smallest absolute Gasteiger partial charge is 0.313 e. The Labute approximate surface area is 148 Å². The Morgan fingerprint density at radius 2 is 1.64 bits per heavy atom. The van der Waals surface area contributed by atoms with Crippen molar-refractivity contribution < 1.29 is 14.4 Å². The van der Waals surface area contributed by atoms with Crippen LogP contribution in [0.2, 0.25) is 0 Å². The Morgan fingerprint density at radius 1 is 1.00 bits per heavy atom. The molecule has 0 atom stereocenters. The summed E-state index contributed by atoms with van der Waals surface area (Å²) in [5.74, 6) is -1.19. The molecule has 0 spiro atoms. The van der Waals surface area contributed by atoms with Gasteiger partial charge in [0.25, 0.3) is 5.91 Å². The third-order valence-corrected chi connectivity index (χ3v) is 4.22. The van der Waals surface area contributed by atoms with Gasteiger partial charge in [-0.2, -0.15) is 0 Å². The summed E-state index contributed by atoms with van der Waals surface area (Å²) < 4.78 is 0. The number of carbonyl (C=O) groups is 3. The maximum atomic E-state index is 12.2. The highest BCUT2D eigenvalue weighted by molar-refractivity contribution is 6.39. The van der Waals surface area contributed by atoms with Crippen molar-refractivity contribution in [3.63, 3.8) is 0 Å². The number of nitrogens with one attached hydrogen (secondary N) is 3. The van der Waals surface area contributed by atoms with E-state index < -0.39 is 11.8 Å². The van der Waals surface area contributed by atoms with E-state index >= 15 is 0 Å². The standard InChI is InChI=1S/C19H27N3O3/c1-13(2)12-20-18(24)19(25)22-16-10-8-14(9-11-16)17(23)21-15-6-4-3-5-7-15/h8-11,13,15H,3-7,12H2,1-2H3,(H,20,24)(H,21,23)(H,22,25). The van der Waals surface area contributed by atoms with Crippen molar-refractivity contribution in [1.29, 1.82) is 0 Å². The summed E-state index contributed by atoms with van der Waals surface area (Å²) in [7, 11) is 0. The molecule has 6 heteroatoms. The van der Waals surface area contributed by atoms with Crippen LogP contribution in [0.1, 0.15) is 56.3 Å². The molecule has 0 radical (unpaired) electrons. The van der Waals surface area contributed by atoms with E-state index in [0.717, 1.165) is 25.7 Å². The lowest BCUT2D eigenvalue weighted by Gasteiger charge is -2.22. The Balaban J connectivity index is 1.85. The zero-order valence-corrected chi connectivity index (χ0v) is 14.9. The molecular weight excluding hydrogens is 318 g/mol. The molecule has 0 aliphatic heterocycles. The van der Waals surface area contributed by atoms with E-state index in [-0.39, 0.29) is 17.9 Å². The SMILES string of the molecule is CC(C)CNC(=O)C(=O)Nc1ccc(C(=O)NC2CCCCC2)cc1. The number of hydrogen-bond donors (Lipinski definition) is 3. The van der Waals surface area contributed by atoms with Crippen molar-refractivity contribution in [1.82, 2.24) is 10.6 Å². The van der Waals surface area contributed by atoms with Gasteiger partial charge in [-0.3, -0.25) is 14.4 Å². The molecule has 1 aromatic rings. The van der Waals surface area contributed by atoms with Gasteiger partial charge >= 0.3 is 11.8 Å². The summed E-state index contributed by atoms with van der Waals surface area (Å²) in [4.78, 5) is 35.7. The van der Waals surface area contributed by atoms with Crippen LogP contribution in [0.3, 0.4) is 0 Å². The van der Waals surface area contributed by atoms with Crippen LogP contribution in [0.5, 0.6) is 0 Å². The average Bonchev–Trinajstić information content (AvgIpc) is 2.61. The average molecular weight is 345 g/mol. The van der Waals surface area contributed by atoms with Crippen LogP contribution in [-0.2, 0) is 9.59 Å².